The third-order valence-corrected chi connectivity index (χ3v) is 2.59. The average molecular weight is 217 g/mol. The summed E-state index contributed by atoms with van der Waals surface area (Å²) < 4.78 is 16.2. The molecule has 2 aromatic rings. The molecule has 0 amide bonds. The minimum Gasteiger partial charge on any atom is -0.486 e. The molecule has 4 heteroatoms. The normalized spacial score (nSPS) is 13.8. The summed E-state index contributed by atoms with van der Waals surface area (Å²) in [6.07, 6.45) is 1.63. The molecule has 1 aromatic heterocycles. The van der Waals surface area contributed by atoms with E-state index in [1.54, 1.807) is 6.20 Å². The van der Waals surface area contributed by atoms with Crippen LogP contribution in [0.2, 0.25) is 0 Å². The van der Waals surface area contributed by atoms with E-state index in [-0.39, 0.29) is 0 Å². The van der Waals surface area contributed by atoms with Crippen LogP contribution in [0.3, 0.4) is 0 Å². The zero-order chi connectivity index (χ0) is 11.0. The Morgan fingerprint density at radius 3 is 2.56 bits per heavy atom. The van der Waals surface area contributed by atoms with Crippen molar-refractivity contribution in [2.45, 2.75) is 6.92 Å². The molecule has 1 aromatic carbocycles. The van der Waals surface area contributed by atoms with E-state index in [0.29, 0.717) is 13.2 Å². The molecule has 1 aliphatic rings. The van der Waals surface area contributed by atoms with Gasteiger partial charge in [-0.25, -0.2) is 0 Å². The van der Waals surface area contributed by atoms with Crippen LogP contribution < -0.4 is 9.47 Å². The monoisotopic (exact) mass is 217 g/mol. The van der Waals surface area contributed by atoms with Gasteiger partial charge in [0.15, 0.2) is 17.3 Å². The highest BCUT2D eigenvalue weighted by Gasteiger charge is 2.16. The Balaban J connectivity index is 2.12. The van der Waals surface area contributed by atoms with Gasteiger partial charge in [-0.05, 0) is 24.6 Å². The Kier molecular flexibility index (Phi) is 2.06. The van der Waals surface area contributed by atoms with E-state index in [0.717, 1.165) is 28.4 Å². The summed E-state index contributed by atoms with van der Waals surface area (Å²) >= 11 is 0. The van der Waals surface area contributed by atoms with Crippen LogP contribution in [-0.2, 0) is 0 Å². The van der Waals surface area contributed by atoms with Gasteiger partial charge in [0.05, 0.1) is 6.20 Å². The molecule has 0 saturated carbocycles. The number of hydrogen-bond donors (Lipinski definition) is 0. The molecule has 3 rings (SSSR count). The van der Waals surface area contributed by atoms with Crippen molar-refractivity contribution < 1.29 is 14.0 Å². The number of ether oxygens (including phenoxy) is 2. The largest absolute Gasteiger partial charge is 0.486 e. The zero-order valence-corrected chi connectivity index (χ0v) is 8.90. The van der Waals surface area contributed by atoms with E-state index >= 15 is 0 Å². The van der Waals surface area contributed by atoms with Crippen LogP contribution in [-0.4, -0.2) is 18.4 Å². The van der Waals surface area contributed by atoms with Gasteiger partial charge >= 0.3 is 0 Å². The fourth-order valence-electron chi connectivity index (χ4n) is 1.81. The van der Waals surface area contributed by atoms with E-state index < -0.39 is 0 Å². The fourth-order valence-corrected chi connectivity index (χ4v) is 1.81. The van der Waals surface area contributed by atoms with Crippen LogP contribution in [0.15, 0.2) is 28.9 Å². The number of rotatable bonds is 1. The lowest BCUT2D eigenvalue weighted by Crippen LogP contribution is -2.15. The molecule has 0 bridgehead atoms. The van der Waals surface area contributed by atoms with Crippen molar-refractivity contribution in [1.29, 1.82) is 0 Å². The van der Waals surface area contributed by atoms with Gasteiger partial charge in [0.25, 0.3) is 0 Å². The van der Waals surface area contributed by atoms with Crippen molar-refractivity contribution in [3.05, 3.63) is 30.0 Å². The molecule has 0 saturated heterocycles. The summed E-state index contributed by atoms with van der Waals surface area (Å²) in [6.45, 7) is 3.20. The first kappa shape index (κ1) is 9.27. The Morgan fingerprint density at radius 1 is 1.12 bits per heavy atom. The second kappa shape index (κ2) is 3.56. The summed E-state index contributed by atoms with van der Waals surface area (Å²) in [7, 11) is 0. The highest BCUT2D eigenvalue weighted by molar-refractivity contribution is 5.66. The molecule has 0 unspecified atom stereocenters. The van der Waals surface area contributed by atoms with E-state index in [2.05, 4.69) is 5.16 Å². The molecular weight excluding hydrogens is 206 g/mol. The van der Waals surface area contributed by atoms with Crippen LogP contribution in [0.4, 0.5) is 0 Å². The van der Waals surface area contributed by atoms with Crippen LogP contribution >= 0.6 is 0 Å². The Morgan fingerprint density at radius 2 is 1.88 bits per heavy atom. The Hall–Kier alpha value is -1.97. The number of aryl methyl sites for hydroxylation is 1. The first-order valence-electron chi connectivity index (χ1n) is 5.16. The smallest absolute Gasteiger partial charge is 0.167 e. The average Bonchev–Trinajstić information content (AvgIpc) is 2.81. The third kappa shape index (κ3) is 1.43. The first-order valence-corrected chi connectivity index (χ1v) is 5.16. The molecule has 2 heterocycles. The maximum absolute atomic E-state index is 5.53. The van der Waals surface area contributed by atoms with Gasteiger partial charge < -0.3 is 14.0 Å². The van der Waals surface area contributed by atoms with Gasteiger partial charge in [-0.1, -0.05) is 5.16 Å². The highest BCUT2D eigenvalue weighted by atomic mass is 16.6. The maximum atomic E-state index is 5.53. The van der Waals surface area contributed by atoms with Crippen LogP contribution in [0.5, 0.6) is 11.5 Å². The standard InChI is InChI=1S/C12H11NO3/c1-8-6-11-12(15-5-4-14-11)7-9(8)10-2-3-13-16-10/h2-3,6-7H,4-5H2,1H3. The summed E-state index contributed by atoms with van der Waals surface area (Å²) in [5.74, 6) is 2.31. The van der Waals surface area contributed by atoms with Crippen molar-refractivity contribution in [1.82, 2.24) is 5.16 Å². The number of nitrogens with zero attached hydrogens (tertiary/aromatic N) is 1. The molecule has 0 spiro atoms. The van der Waals surface area contributed by atoms with Gasteiger partial charge in [-0.15, -0.1) is 0 Å². The predicted molar refractivity (Wildman–Crippen MR) is 57.7 cm³/mol. The summed E-state index contributed by atoms with van der Waals surface area (Å²) in [6, 6.07) is 5.73. The number of benzene rings is 1. The molecule has 0 atom stereocenters. The summed E-state index contributed by atoms with van der Waals surface area (Å²) in [4.78, 5) is 0. The minimum atomic E-state index is 0.589. The van der Waals surface area contributed by atoms with Crippen molar-refractivity contribution in [3.63, 3.8) is 0 Å². The Labute approximate surface area is 92.8 Å². The van der Waals surface area contributed by atoms with Crippen molar-refractivity contribution in [3.8, 4) is 22.8 Å². The molecule has 0 aliphatic carbocycles. The lowest BCUT2D eigenvalue weighted by atomic mass is 10.1. The SMILES string of the molecule is Cc1cc2c(cc1-c1ccno1)OCCO2. The molecule has 16 heavy (non-hydrogen) atoms. The third-order valence-electron chi connectivity index (χ3n) is 2.59. The topological polar surface area (TPSA) is 44.5 Å². The van der Waals surface area contributed by atoms with Crippen molar-refractivity contribution >= 4 is 0 Å². The predicted octanol–water partition coefficient (Wildman–Crippen LogP) is 2.42. The van der Waals surface area contributed by atoms with E-state index in [1.807, 2.05) is 25.1 Å². The van der Waals surface area contributed by atoms with Crippen molar-refractivity contribution in [2.75, 3.05) is 13.2 Å². The molecule has 4 nitrogen and oxygen atoms in total. The maximum Gasteiger partial charge on any atom is 0.167 e. The molecular formula is C12H11NO3. The van der Waals surface area contributed by atoms with E-state index in [1.165, 1.54) is 0 Å². The van der Waals surface area contributed by atoms with Crippen LogP contribution in [0, 0.1) is 6.92 Å². The quantitative estimate of drug-likeness (QED) is 0.735. The number of fused-ring (bicyclic) bond motifs is 1. The van der Waals surface area contributed by atoms with E-state index in [4.69, 9.17) is 14.0 Å². The summed E-state index contributed by atoms with van der Waals surface area (Å²) in [5, 5.41) is 3.70. The van der Waals surface area contributed by atoms with Gasteiger partial charge in [0.1, 0.15) is 13.2 Å². The minimum absolute atomic E-state index is 0.589. The Bertz CT molecular complexity index is 505. The van der Waals surface area contributed by atoms with Gasteiger partial charge in [-0.2, -0.15) is 0 Å². The zero-order valence-electron chi connectivity index (χ0n) is 8.90. The lowest BCUT2D eigenvalue weighted by Gasteiger charge is -2.19. The second-order valence-electron chi connectivity index (χ2n) is 3.69. The fraction of sp³-hybridized carbons (Fsp3) is 0.250. The van der Waals surface area contributed by atoms with E-state index in [9.17, 15) is 0 Å². The van der Waals surface area contributed by atoms with Crippen LogP contribution in [0.1, 0.15) is 5.56 Å². The van der Waals surface area contributed by atoms with Gasteiger partial charge in [0.2, 0.25) is 0 Å². The summed E-state index contributed by atoms with van der Waals surface area (Å²) in [5.41, 5.74) is 2.07. The first-order chi connectivity index (χ1) is 7.84. The highest BCUT2D eigenvalue weighted by Crippen LogP contribution is 2.36. The lowest BCUT2D eigenvalue weighted by molar-refractivity contribution is 0.171. The molecule has 0 fully saturated rings. The van der Waals surface area contributed by atoms with Gasteiger partial charge in [0, 0.05) is 11.6 Å². The molecule has 0 radical (unpaired) electrons. The number of aromatic nitrogens is 1. The second-order valence-corrected chi connectivity index (χ2v) is 3.69. The number of hydrogen-bond acceptors (Lipinski definition) is 4. The van der Waals surface area contributed by atoms with Crippen LogP contribution in [0.25, 0.3) is 11.3 Å². The molecule has 82 valence electrons. The van der Waals surface area contributed by atoms with Gasteiger partial charge in [-0.3, -0.25) is 0 Å². The van der Waals surface area contributed by atoms with Crippen molar-refractivity contribution in [2.24, 2.45) is 0 Å². The molecule has 0 N–H and O–H groups in total. The molecule has 1 aliphatic heterocycles.